The summed E-state index contributed by atoms with van der Waals surface area (Å²) in [5.41, 5.74) is 0.795. The van der Waals surface area contributed by atoms with Crippen LogP contribution < -0.4 is 15.8 Å². The predicted octanol–water partition coefficient (Wildman–Crippen LogP) is 3.63. The number of hydrogen-bond donors (Lipinski definition) is 3. The zero-order chi connectivity index (χ0) is 19.5. The lowest BCUT2D eigenvalue weighted by atomic mass is 10.2. The normalized spacial score (nSPS) is 13.1. The molecular weight excluding hydrogens is 489 g/mol. The van der Waals surface area contributed by atoms with E-state index >= 15 is 0 Å². The Bertz CT molecular complexity index is 885. The Balaban J connectivity index is 2.17. The second-order valence-corrected chi connectivity index (χ2v) is 10.0. The van der Waals surface area contributed by atoms with Gasteiger partial charge in [0.05, 0.1) is 4.90 Å². The summed E-state index contributed by atoms with van der Waals surface area (Å²) in [7, 11) is -3.81. The summed E-state index contributed by atoms with van der Waals surface area (Å²) in [6.45, 7) is 0. The van der Waals surface area contributed by atoms with Gasteiger partial charge in [0.15, 0.2) is 0 Å². The molecule has 0 heterocycles. The number of hydrogen-bond acceptors (Lipinski definition) is 4. The quantitative estimate of drug-likeness (QED) is 0.430. The zero-order valence-electron chi connectivity index (χ0n) is 12.9. The van der Waals surface area contributed by atoms with Crippen molar-refractivity contribution in [3.05, 3.63) is 58.6 Å². The van der Waals surface area contributed by atoms with E-state index in [1.54, 1.807) is 24.3 Å². The first-order chi connectivity index (χ1) is 12.0. The van der Waals surface area contributed by atoms with Crippen LogP contribution >= 0.6 is 50.7 Å². The van der Waals surface area contributed by atoms with Gasteiger partial charge in [0.25, 0.3) is 5.91 Å². The fraction of sp³-hybridized carbons (Fsp3) is 0.133. The Hall–Kier alpha value is -1.03. The van der Waals surface area contributed by atoms with Crippen molar-refractivity contribution < 1.29 is 13.2 Å². The van der Waals surface area contributed by atoms with Crippen molar-refractivity contribution in [2.24, 2.45) is 5.14 Å². The Morgan fingerprint density at radius 1 is 1.04 bits per heavy atom. The van der Waals surface area contributed by atoms with E-state index in [0.29, 0.717) is 11.3 Å². The molecule has 0 aliphatic rings. The molecule has 26 heavy (non-hydrogen) atoms. The molecule has 1 unspecified atom stereocenters. The minimum Gasteiger partial charge on any atom is -0.362 e. The molecule has 0 bridgehead atoms. The molecule has 1 amide bonds. The van der Waals surface area contributed by atoms with E-state index < -0.39 is 25.9 Å². The Labute approximate surface area is 174 Å². The second kappa shape index (κ2) is 8.33. The molecule has 0 spiro atoms. The first-order valence-electron chi connectivity index (χ1n) is 6.99. The van der Waals surface area contributed by atoms with Crippen LogP contribution in [0.25, 0.3) is 0 Å². The molecule has 0 radical (unpaired) electrons. The minimum atomic E-state index is -3.81. The number of carbonyl (C=O) groups is 1. The van der Waals surface area contributed by atoms with Gasteiger partial charge in [0.1, 0.15) is 6.17 Å². The third kappa shape index (κ3) is 6.00. The van der Waals surface area contributed by atoms with Gasteiger partial charge in [-0.1, -0.05) is 50.7 Å². The number of anilines is 1. The predicted molar refractivity (Wildman–Crippen MR) is 107 cm³/mol. The lowest BCUT2D eigenvalue weighted by Crippen LogP contribution is -2.49. The minimum absolute atomic E-state index is 0.0626. The van der Waals surface area contributed by atoms with Gasteiger partial charge in [-0.25, -0.2) is 13.6 Å². The summed E-state index contributed by atoms with van der Waals surface area (Å²) < 4.78 is 21.5. The highest BCUT2D eigenvalue weighted by Gasteiger charge is 2.34. The largest absolute Gasteiger partial charge is 0.362 e. The van der Waals surface area contributed by atoms with Crippen LogP contribution in [0.4, 0.5) is 5.69 Å². The van der Waals surface area contributed by atoms with Crippen molar-refractivity contribution in [3.63, 3.8) is 0 Å². The van der Waals surface area contributed by atoms with Crippen LogP contribution in [0.5, 0.6) is 0 Å². The maximum absolute atomic E-state index is 12.4. The van der Waals surface area contributed by atoms with Crippen LogP contribution in [0.2, 0.25) is 0 Å². The van der Waals surface area contributed by atoms with Crippen LogP contribution in [-0.2, 0) is 10.0 Å². The van der Waals surface area contributed by atoms with Gasteiger partial charge >= 0.3 is 0 Å². The summed E-state index contributed by atoms with van der Waals surface area (Å²) in [4.78, 5) is 12.3. The van der Waals surface area contributed by atoms with Crippen LogP contribution in [0, 0.1) is 0 Å². The standard InChI is InChI=1S/C15H13BrCl3N3O3S/c16-10-3-1-9(2-4-10)13(23)22-14(15(17,18)19)21-11-5-7-12(8-6-11)26(20,24)25/h1-8,14,21H,(H,22,23)(H2,20,24,25). The number of nitrogens with two attached hydrogens (primary N) is 1. The maximum Gasteiger partial charge on any atom is 0.252 e. The lowest BCUT2D eigenvalue weighted by Gasteiger charge is -2.27. The van der Waals surface area contributed by atoms with Gasteiger partial charge in [0, 0.05) is 15.7 Å². The molecule has 2 rings (SSSR count). The molecule has 2 aromatic rings. The molecule has 0 aliphatic heterocycles. The molecule has 140 valence electrons. The average Bonchev–Trinajstić information content (AvgIpc) is 2.53. The van der Waals surface area contributed by atoms with Gasteiger partial charge in [-0.2, -0.15) is 0 Å². The van der Waals surface area contributed by atoms with E-state index in [-0.39, 0.29) is 4.90 Å². The monoisotopic (exact) mass is 499 g/mol. The van der Waals surface area contributed by atoms with Gasteiger partial charge in [0.2, 0.25) is 13.8 Å². The highest BCUT2D eigenvalue weighted by molar-refractivity contribution is 9.10. The van der Waals surface area contributed by atoms with E-state index in [2.05, 4.69) is 26.6 Å². The third-order valence-corrected chi connectivity index (χ3v) is 5.32. The lowest BCUT2D eigenvalue weighted by molar-refractivity contribution is 0.0942. The van der Waals surface area contributed by atoms with E-state index in [4.69, 9.17) is 39.9 Å². The number of amides is 1. The number of benzene rings is 2. The van der Waals surface area contributed by atoms with Gasteiger partial charge in [-0.3, -0.25) is 4.79 Å². The molecule has 0 aromatic heterocycles. The highest BCUT2D eigenvalue weighted by Crippen LogP contribution is 2.31. The van der Waals surface area contributed by atoms with Crippen molar-refractivity contribution in [1.29, 1.82) is 0 Å². The maximum atomic E-state index is 12.4. The first kappa shape index (κ1) is 21.3. The number of carbonyl (C=O) groups excluding carboxylic acids is 1. The topological polar surface area (TPSA) is 101 Å². The summed E-state index contributed by atoms with van der Waals surface area (Å²) >= 11 is 21.1. The molecule has 6 nitrogen and oxygen atoms in total. The number of rotatable bonds is 5. The molecule has 11 heteroatoms. The van der Waals surface area contributed by atoms with Gasteiger partial charge in [-0.05, 0) is 48.5 Å². The van der Waals surface area contributed by atoms with Crippen LogP contribution in [0.1, 0.15) is 10.4 Å². The molecule has 0 aliphatic carbocycles. The number of alkyl halides is 3. The summed E-state index contributed by atoms with van der Waals surface area (Å²) in [6, 6.07) is 12.1. The highest BCUT2D eigenvalue weighted by atomic mass is 79.9. The van der Waals surface area contributed by atoms with E-state index in [1.807, 2.05) is 0 Å². The average molecular weight is 502 g/mol. The Morgan fingerprint density at radius 3 is 2.04 bits per heavy atom. The van der Waals surface area contributed by atoms with Crippen LogP contribution in [-0.4, -0.2) is 24.3 Å². The van der Waals surface area contributed by atoms with Crippen LogP contribution in [0.3, 0.4) is 0 Å². The zero-order valence-corrected chi connectivity index (χ0v) is 17.6. The van der Waals surface area contributed by atoms with Crippen molar-refractivity contribution in [2.75, 3.05) is 5.32 Å². The molecule has 0 saturated heterocycles. The SMILES string of the molecule is NS(=O)(=O)c1ccc(NC(NC(=O)c2ccc(Br)cc2)C(Cl)(Cl)Cl)cc1. The Morgan fingerprint density at radius 2 is 1.58 bits per heavy atom. The van der Waals surface area contributed by atoms with E-state index in [9.17, 15) is 13.2 Å². The molecule has 0 saturated carbocycles. The fourth-order valence-electron chi connectivity index (χ4n) is 1.92. The van der Waals surface area contributed by atoms with E-state index in [0.717, 1.165) is 4.47 Å². The van der Waals surface area contributed by atoms with Crippen molar-refractivity contribution >= 4 is 72.4 Å². The second-order valence-electron chi connectivity index (χ2n) is 5.17. The molecule has 1 atom stereocenters. The number of halogens is 4. The Kier molecular flexibility index (Phi) is 6.81. The molecule has 0 fully saturated rings. The van der Waals surface area contributed by atoms with Gasteiger partial charge < -0.3 is 10.6 Å². The number of primary sulfonamides is 1. The third-order valence-electron chi connectivity index (χ3n) is 3.20. The molecule has 2 aromatic carbocycles. The number of sulfonamides is 1. The van der Waals surface area contributed by atoms with E-state index in [1.165, 1.54) is 24.3 Å². The smallest absolute Gasteiger partial charge is 0.252 e. The van der Waals surface area contributed by atoms with Crippen molar-refractivity contribution in [3.8, 4) is 0 Å². The van der Waals surface area contributed by atoms with Gasteiger partial charge in [-0.15, -0.1) is 0 Å². The summed E-state index contributed by atoms with van der Waals surface area (Å²) in [6.07, 6.45) is -1.08. The summed E-state index contributed by atoms with van der Waals surface area (Å²) in [5.74, 6) is -0.456. The van der Waals surface area contributed by atoms with Crippen molar-refractivity contribution in [1.82, 2.24) is 5.32 Å². The molecular formula is C15H13BrCl3N3O3S. The number of nitrogens with one attached hydrogen (secondary N) is 2. The molecule has 4 N–H and O–H groups in total. The van der Waals surface area contributed by atoms with Crippen molar-refractivity contribution in [2.45, 2.75) is 14.9 Å². The van der Waals surface area contributed by atoms with Crippen LogP contribution in [0.15, 0.2) is 57.9 Å². The summed E-state index contributed by atoms with van der Waals surface area (Å²) in [5, 5.41) is 10.5. The fourth-order valence-corrected chi connectivity index (χ4v) is 3.03. The first-order valence-corrected chi connectivity index (χ1v) is 10.5.